The van der Waals surface area contributed by atoms with E-state index in [1.54, 1.807) is 11.8 Å². The molecule has 0 saturated heterocycles. The van der Waals surface area contributed by atoms with Crippen molar-refractivity contribution in [2.75, 3.05) is 0 Å². The number of aryl methyl sites for hydroxylation is 1. The van der Waals surface area contributed by atoms with Crippen molar-refractivity contribution in [1.29, 1.82) is 0 Å². The minimum Gasteiger partial charge on any atom is -0.121 e. The zero-order chi connectivity index (χ0) is 12.1. The molecule has 0 aliphatic carbocycles. The van der Waals surface area contributed by atoms with Gasteiger partial charge in [0.05, 0.1) is 0 Å². The molecule has 0 saturated carbocycles. The topological polar surface area (TPSA) is 0 Å². The first-order valence-corrected chi connectivity index (χ1v) is 6.67. The van der Waals surface area contributed by atoms with Crippen LogP contribution in [0.4, 0.5) is 0 Å². The molecule has 0 nitrogen and oxygen atoms in total. The lowest BCUT2D eigenvalue weighted by Crippen LogP contribution is -1.82. The molecule has 0 aliphatic heterocycles. The Morgan fingerprint density at radius 2 is 1.65 bits per heavy atom. The average molecular weight is 240 g/mol. The molecule has 0 bridgehead atoms. The average Bonchev–Trinajstić information content (AvgIpc) is 2.39. The van der Waals surface area contributed by atoms with Crippen LogP contribution in [0, 0.1) is 6.92 Å². The molecule has 86 valence electrons. The summed E-state index contributed by atoms with van der Waals surface area (Å²) >= 11 is 1.79. The van der Waals surface area contributed by atoms with Crippen LogP contribution >= 0.6 is 11.8 Å². The molecule has 0 N–H and O–H groups in total. The van der Waals surface area contributed by atoms with Crippen LogP contribution in [0.25, 0.3) is 4.91 Å². The van der Waals surface area contributed by atoms with Crippen molar-refractivity contribution >= 4 is 16.7 Å². The third-order valence-electron chi connectivity index (χ3n) is 2.63. The summed E-state index contributed by atoms with van der Waals surface area (Å²) in [7, 11) is 0. The highest BCUT2D eigenvalue weighted by molar-refractivity contribution is 8.07. The van der Waals surface area contributed by atoms with Gasteiger partial charge in [-0.1, -0.05) is 66.7 Å². The molecule has 0 atom stereocenters. The molecule has 2 aromatic rings. The van der Waals surface area contributed by atoms with Crippen LogP contribution in [0.2, 0.25) is 0 Å². The molecule has 0 aromatic heterocycles. The molecule has 0 amide bonds. The van der Waals surface area contributed by atoms with E-state index in [0.717, 1.165) is 10.7 Å². The van der Waals surface area contributed by atoms with Crippen LogP contribution < -0.4 is 0 Å². The van der Waals surface area contributed by atoms with Crippen molar-refractivity contribution < 1.29 is 0 Å². The Morgan fingerprint density at radius 1 is 1.00 bits per heavy atom. The van der Waals surface area contributed by atoms with E-state index in [1.807, 2.05) is 18.2 Å². The van der Waals surface area contributed by atoms with E-state index in [-0.39, 0.29) is 0 Å². The van der Waals surface area contributed by atoms with Crippen molar-refractivity contribution in [3.8, 4) is 0 Å². The van der Waals surface area contributed by atoms with Crippen LogP contribution in [-0.4, -0.2) is 0 Å². The summed E-state index contributed by atoms with van der Waals surface area (Å²) in [6.45, 7) is 6.23. The lowest BCUT2D eigenvalue weighted by Gasteiger charge is -2.06. The number of rotatable bonds is 4. The lowest BCUT2D eigenvalue weighted by molar-refractivity contribution is 1.37. The Balaban J connectivity index is 1.95. The molecule has 2 aromatic carbocycles. The van der Waals surface area contributed by atoms with E-state index in [1.165, 1.54) is 16.7 Å². The van der Waals surface area contributed by atoms with Gasteiger partial charge in [0, 0.05) is 10.7 Å². The lowest BCUT2D eigenvalue weighted by atomic mass is 10.2. The van der Waals surface area contributed by atoms with E-state index in [4.69, 9.17) is 0 Å². The Kier molecular flexibility index (Phi) is 4.05. The van der Waals surface area contributed by atoms with E-state index >= 15 is 0 Å². The molecule has 2 rings (SSSR count). The van der Waals surface area contributed by atoms with Gasteiger partial charge in [0.25, 0.3) is 0 Å². The summed E-state index contributed by atoms with van der Waals surface area (Å²) in [5.74, 6) is 0.980. The largest absolute Gasteiger partial charge is 0.121 e. The van der Waals surface area contributed by atoms with Gasteiger partial charge in [-0.15, -0.1) is 11.8 Å². The third-order valence-corrected chi connectivity index (χ3v) is 3.69. The van der Waals surface area contributed by atoms with Crippen LogP contribution in [0.1, 0.15) is 16.7 Å². The molecule has 0 unspecified atom stereocenters. The predicted molar refractivity (Wildman–Crippen MR) is 78.0 cm³/mol. The molecular formula is C16H16S. The summed E-state index contributed by atoms with van der Waals surface area (Å²) in [6.07, 6.45) is 0. The second-order valence-electron chi connectivity index (χ2n) is 4.06. The molecular weight excluding hydrogens is 224 g/mol. The highest BCUT2D eigenvalue weighted by atomic mass is 32.2. The fraction of sp³-hybridized carbons (Fsp3) is 0.125. The van der Waals surface area contributed by atoms with Crippen LogP contribution in [0.15, 0.2) is 61.2 Å². The first kappa shape index (κ1) is 12.0. The van der Waals surface area contributed by atoms with Gasteiger partial charge < -0.3 is 0 Å². The van der Waals surface area contributed by atoms with Gasteiger partial charge >= 0.3 is 0 Å². The van der Waals surface area contributed by atoms with Crippen molar-refractivity contribution in [1.82, 2.24) is 0 Å². The second-order valence-corrected chi connectivity index (χ2v) is 5.13. The summed E-state index contributed by atoms with van der Waals surface area (Å²) in [5, 5.41) is 0. The monoisotopic (exact) mass is 240 g/mol. The van der Waals surface area contributed by atoms with Crippen LogP contribution in [0.5, 0.6) is 0 Å². The van der Waals surface area contributed by atoms with E-state index in [9.17, 15) is 0 Å². The molecule has 17 heavy (non-hydrogen) atoms. The first-order chi connectivity index (χ1) is 8.25. The Labute approximate surface area is 107 Å². The first-order valence-electron chi connectivity index (χ1n) is 5.68. The Morgan fingerprint density at radius 3 is 2.29 bits per heavy atom. The maximum absolute atomic E-state index is 4.12. The number of benzene rings is 2. The molecule has 0 fully saturated rings. The van der Waals surface area contributed by atoms with Crippen molar-refractivity contribution in [2.24, 2.45) is 0 Å². The van der Waals surface area contributed by atoms with Crippen molar-refractivity contribution in [3.05, 3.63) is 77.9 Å². The van der Waals surface area contributed by atoms with E-state index in [2.05, 4.69) is 49.9 Å². The highest BCUT2D eigenvalue weighted by Gasteiger charge is 1.99. The summed E-state index contributed by atoms with van der Waals surface area (Å²) < 4.78 is 0. The summed E-state index contributed by atoms with van der Waals surface area (Å²) in [6, 6.07) is 19.0. The number of hydrogen-bond donors (Lipinski definition) is 0. The number of hydrogen-bond acceptors (Lipinski definition) is 1. The summed E-state index contributed by atoms with van der Waals surface area (Å²) in [4.78, 5) is 1.13. The Hall–Kier alpha value is -1.47. The maximum Gasteiger partial charge on any atom is 0.0231 e. The molecule has 0 heterocycles. The van der Waals surface area contributed by atoms with Crippen LogP contribution in [-0.2, 0) is 5.75 Å². The smallest absolute Gasteiger partial charge is 0.0231 e. The maximum atomic E-state index is 4.12. The molecule has 0 aliphatic rings. The second kappa shape index (κ2) is 5.74. The molecule has 1 heteroatoms. The van der Waals surface area contributed by atoms with Gasteiger partial charge in [0.2, 0.25) is 0 Å². The van der Waals surface area contributed by atoms with E-state index < -0.39 is 0 Å². The molecule has 0 radical (unpaired) electrons. The fourth-order valence-electron chi connectivity index (χ4n) is 1.56. The van der Waals surface area contributed by atoms with Gasteiger partial charge in [0.1, 0.15) is 0 Å². The van der Waals surface area contributed by atoms with E-state index in [0.29, 0.717) is 0 Å². The predicted octanol–water partition coefficient (Wildman–Crippen LogP) is 4.90. The molecule has 0 spiro atoms. The van der Waals surface area contributed by atoms with Gasteiger partial charge in [-0.05, 0) is 18.1 Å². The van der Waals surface area contributed by atoms with Gasteiger partial charge in [-0.2, -0.15) is 0 Å². The normalized spacial score (nSPS) is 10.2. The fourth-order valence-corrected chi connectivity index (χ4v) is 2.40. The van der Waals surface area contributed by atoms with Crippen LogP contribution in [0.3, 0.4) is 0 Å². The number of thioether (sulfide) groups is 1. The third kappa shape index (κ3) is 3.50. The minimum atomic E-state index is 0.980. The van der Waals surface area contributed by atoms with Gasteiger partial charge in [-0.25, -0.2) is 0 Å². The minimum absolute atomic E-state index is 0.980. The van der Waals surface area contributed by atoms with Gasteiger partial charge in [0.15, 0.2) is 0 Å². The highest BCUT2D eigenvalue weighted by Crippen LogP contribution is 2.28. The zero-order valence-electron chi connectivity index (χ0n) is 10.0. The SMILES string of the molecule is C=C(SCc1ccc(C)cc1)c1ccccc1. The van der Waals surface area contributed by atoms with Crippen molar-refractivity contribution in [2.45, 2.75) is 12.7 Å². The standard InChI is InChI=1S/C16H16S/c1-13-8-10-15(11-9-13)12-17-14(2)16-6-4-3-5-7-16/h3-11H,2,12H2,1H3. The van der Waals surface area contributed by atoms with Crippen molar-refractivity contribution in [3.63, 3.8) is 0 Å². The Bertz CT molecular complexity index is 483. The quantitative estimate of drug-likeness (QED) is 0.732. The summed E-state index contributed by atoms with van der Waals surface area (Å²) in [5.41, 5.74) is 3.86. The van der Waals surface area contributed by atoms with Gasteiger partial charge in [-0.3, -0.25) is 0 Å². The zero-order valence-corrected chi connectivity index (χ0v) is 10.8.